The molecular weight excluding hydrogens is 362 g/mol. The van der Waals surface area contributed by atoms with Crippen LogP contribution < -0.4 is 10.1 Å². The molecule has 2 aromatic carbocycles. The third-order valence-corrected chi connectivity index (χ3v) is 5.44. The van der Waals surface area contributed by atoms with Crippen LogP contribution in [0.25, 0.3) is 11.0 Å². The standard InChI is InChI=1S/C24H31N3O2/c1-4-28-13-12-27-23-15-21(10-11-22(23)26-24(27)16-25-17(2)3)29-20-9-8-18-6-5-7-19(18)14-20/h8-11,14-15,17,25H,4-7,12-13,16H2,1-3H3. The number of hydrogen-bond donors (Lipinski definition) is 1. The van der Waals surface area contributed by atoms with Gasteiger partial charge < -0.3 is 19.4 Å². The van der Waals surface area contributed by atoms with Crippen molar-refractivity contribution >= 4 is 11.0 Å². The van der Waals surface area contributed by atoms with Crippen molar-refractivity contribution < 1.29 is 9.47 Å². The van der Waals surface area contributed by atoms with Crippen LogP contribution >= 0.6 is 0 Å². The van der Waals surface area contributed by atoms with E-state index in [4.69, 9.17) is 14.5 Å². The molecule has 154 valence electrons. The number of benzene rings is 2. The molecule has 1 aliphatic rings. The summed E-state index contributed by atoms with van der Waals surface area (Å²) in [5, 5.41) is 3.48. The fourth-order valence-corrected chi connectivity index (χ4v) is 3.94. The Bertz CT molecular complexity index is 978. The Morgan fingerprint density at radius 3 is 2.69 bits per heavy atom. The largest absolute Gasteiger partial charge is 0.457 e. The number of nitrogens with one attached hydrogen (secondary N) is 1. The lowest BCUT2D eigenvalue weighted by Crippen LogP contribution is -2.24. The van der Waals surface area contributed by atoms with E-state index in [-0.39, 0.29) is 0 Å². The van der Waals surface area contributed by atoms with Gasteiger partial charge >= 0.3 is 0 Å². The van der Waals surface area contributed by atoms with Gasteiger partial charge in [-0.05, 0) is 61.6 Å². The third kappa shape index (κ3) is 4.62. The average Bonchev–Trinajstić information content (AvgIpc) is 3.30. The highest BCUT2D eigenvalue weighted by molar-refractivity contribution is 5.78. The molecule has 0 unspecified atom stereocenters. The monoisotopic (exact) mass is 393 g/mol. The first kappa shape index (κ1) is 19.9. The molecule has 29 heavy (non-hydrogen) atoms. The first-order valence-electron chi connectivity index (χ1n) is 10.7. The van der Waals surface area contributed by atoms with E-state index in [0.29, 0.717) is 12.6 Å². The summed E-state index contributed by atoms with van der Waals surface area (Å²) in [6.45, 7) is 9.23. The van der Waals surface area contributed by atoms with E-state index in [1.54, 1.807) is 0 Å². The van der Waals surface area contributed by atoms with Gasteiger partial charge in [-0.15, -0.1) is 0 Å². The van der Waals surface area contributed by atoms with Crippen molar-refractivity contribution in [3.8, 4) is 11.5 Å². The summed E-state index contributed by atoms with van der Waals surface area (Å²) in [5.74, 6) is 2.78. The SMILES string of the molecule is CCOCCn1c(CNC(C)C)nc2ccc(Oc3ccc4c(c3)CCC4)cc21. The number of aryl methyl sites for hydroxylation is 2. The number of hydrogen-bond acceptors (Lipinski definition) is 4. The predicted molar refractivity (Wildman–Crippen MR) is 117 cm³/mol. The van der Waals surface area contributed by atoms with Crippen molar-refractivity contribution in [2.24, 2.45) is 0 Å². The Hall–Kier alpha value is -2.37. The van der Waals surface area contributed by atoms with Crippen LogP contribution in [0.3, 0.4) is 0 Å². The van der Waals surface area contributed by atoms with Gasteiger partial charge in [0.25, 0.3) is 0 Å². The highest BCUT2D eigenvalue weighted by Crippen LogP contribution is 2.30. The Balaban J connectivity index is 1.61. The lowest BCUT2D eigenvalue weighted by atomic mass is 10.1. The molecule has 1 aromatic heterocycles. The van der Waals surface area contributed by atoms with Crippen LogP contribution in [-0.2, 0) is 30.7 Å². The number of nitrogens with zero attached hydrogens (tertiary/aromatic N) is 2. The normalized spacial score (nSPS) is 13.4. The van der Waals surface area contributed by atoms with Crippen LogP contribution in [-0.4, -0.2) is 28.8 Å². The maximum Gasteiger partial charge on any atom is 0.129 e. The van der Waals surface area contributed by atoms with E-state index in [2.05, 4.69) is 48.0 Å². The third-order valence-electron chi connectivity index (χ3n) is 5.44. The van der Waals surface area contributed by atoms with Gasteiger partial charge in [-0.1, -0.05) is 19.9 Å². The summed E-state index contributed by atoms with van der Waals surface area (Å²) in [6.07, 6.45) is 3.59. The average molecular weight is 394 g/mol. The van der Waals surface area contributed by atoms with E-state index < -0.39 is 0 Å². The molecule has 0 bridgehead atoms. The summed E-state index contributed by atoms with van der Waals surface area (Å²) in [7, 11) is 0. The Labute approximate surface area is 173 Å². The molecule has 3 aromatic rings. The fourth-order valence-electron chi connectivity index (χ4n) is 3.94. The number of rotatable bonds is 9. The Morgan fingerprint density at radius 2 is 1.86 bits per heavy atom. The second kappa shape index (κ2) is 8.97. The molecular formula is C24H31N3O2. The van der Waals surface area contributed by atoms with E-state index in [1.165, 1.54) is 24.0 Å². The number of imidazole rings is 1. The summed E-state index contributed by atoms with van der Waals surface area (Å²) in [4.78, 5) is 4.85. The van der Waals surface area contributed by atoms with Crippen molar-refractivity contribution in [1.82, 2.24) is 14.9 Å². The van der Waals surface area contributed by atoms with Crippen LogP contribution in [0.1, 0.15) is 44.1 Å². The van der Waals surface area contributed by atoms with Crippen molar-refractivity contribution in [2.75, 3.05) is 13.2 Å². The number of ether oxygens (including phenoxy) is 2. The maximum absolute atomic E-state index is 6.21. The molecule has 0 spiro atoms. The quantitative estimate of drug-likeness (QED) is 0.528. The van der Waals surface area contributed by atoms with E-state index >= 15 is 0 Å². The second-order valence-electron chi connectivity index (χ2n) is 7.95. The molecule has 0 atom stereocenters. The molecule has 1 aliphatic carbocycles. The Morgan fingerprint density at radius 1 is 1.07 bits per heavy atom. The molecule has 0 aliphatic heterocycles. The van der Waals surface area contributed by atoms with Crippen molar-refractivity contribution in [3.63, 3.8) is 0 Å². The molecule has 0 radical (unpaired) electrons. The first-order valence-corrected chi connectivity index (χ1v) is 10.7. The van der Waals surface area contributed by atoms with Crippen molar-refractivity contribution in [2.45, 2.75) is 59.2 Å². The zero-order valence-electron chi connectivity index (χ0n) is 17.7. The van der Waals surface area contributed by atoms with Crippen LogP contribution in [0.5, 0.6) is 11.5 Å². The van der Waals surface area contributed by atoms with E-state index in [1.807, 2.05) is 19.1 Å². The van der Waals surface area contributed by atoms with Crippen LogP contribution in [0.2, 0.25) is 0 Å². The Kier molecular flexibility index (Phi) is 6.16. The van der Waals surface area contributed by atoms with Gasteiger partial charge in [0, 0.05) is 25.3 Å². The van der Waals surface area contributed by atoms with Crippen LogP contribution in [0.15, 0.2) is 36.4 Å². The second-order valence-corrected chi connectivity index (χ2v) is 7.95. The highest BCUT2D eigenvalue weighted by Gasteiger charge is 2.14. The maximum atomic E-state index is 6.21. The van der Waals surface area contributed by atoms with Gasteiger partial charge in [0.1, 0.15) is 17.3 Å². The van der Waals surface area contributed by atoms with E-state index in [0.717, 1.165) is 54.5 Å². The van der Waals surface area contributed by atoms with E-state index in [9.17, 15) is 0 Å². The van der Waals surface area contributed by atoms with Crippen molar-refractivity contribution in [3.05, 3.63) is 53.3 Å². The summed E-state index contributed by atoms with van der Waals surface area (Å²) >= 11 is 0. The minimum Gasteiger partial charge on any atom is -0.457 e. The molecule has 0 amide bonds. The number of aromatic nitrogens is 2. The lowest BCUT2D eigenvalue weighted by molar-refractivity contribution is 0.139. The van der Waals surface area contributed by atoms with Crippen LogP contribution in [0, 0.1) is 0 Å². The zero-order valence-corrected chi connectivity index (χ0v) is 17.7. The molecule has 5 heteroatoms. The van der Waals surface area contributed by atoms with Gasteiger partial charge in [0.2, 0.25) is 0 Å². The predicted octanol–water partition coefficient (Wildman–Crippen LogP) is 4.85. The topological polar surface area (TPSA) is 48.3 Å². The molecule has 0 saturated heterocycles. The summed E-state index contributed by atoms with van der Waals surface area (Å²) < 4.78 is 14.1. The lowest BCUT2D eigenvalue weighted by Gasteiger charge is -2.12. The molecule has 0 saturated carbocycles. The van der Waals surface area contributed by atoms with Gasteiger partial charge in [0.05, 0.1) is 24.2 Å². The van der Waals surface area contributed by atoms with Crippen molar-refractivity contribution in [1.29, 1.82) is 0 Å². The van der Waals surface area contributed by atoms with Gasteiger partial charge in [-0.2, -0.15) is 0 Å². The molecule has 0 fully saturated rings. The minimum atomic E-state index is 0.411. The minimum absolute atomic E-state index is 0.411. The van der Waals surface area contributed by atoms with Gasteiger partial charge in [-0.25, -0.2) is 4.98 Å². The first-order chi connectivity index (χ1) is 14.1. The van der Waals surface area contributed by atoms with Crippen LogP contribution in [0.4, 0.5) is 0 Å². The van der Waals surface area contributed by atoms with Gasteiger partial charge in [0.15, 0.2) is 0 Å². The number of fused-ring (bicyclic) bond motifs is 2. The molecule has 1 heterocycles. The van der Waals surface area contributed by atoms with Gasteiger partial charge in [-0.3, -0.25) is 0 Å². The summed E-state index contributed by atoms with van der Waals surface area (Å²) in [6, 6.07) is 13.0. The molecule has 1 N–H and O–H groups in total. The summed E-state index contributed by atoms with van der Waals surface area (Å²) in [5.41, 5.74) is 4.96. The molecule has 4 rings (SSSR count). The fraction of sp³-hybridized carbons (Fsp3) is 0.458. The smallest absolute Gasteiger partial charge is 0.129 e. The zero-order chi connectivity index (χ0) is 20.2. The highest BCUT2D eigenvalue weighted by atomic mass is 16.5. The molecule has 5 nitrogen and oxygen atoms in total.